The van der Waals surface area contributed by atoms with Gasteiger partial charge in [0.05, 0.1) is 5.69 Å². The number of H-pyrrole nitrogens is 1. The number of hydrogen-bond donors (Lipinski definition) is 2. The van der Waals surface area contributed by atoms with Gasteiger partial charge in [0.15, 0.2) is 0 Å². The SMILES string of the molecule is Cc1nccn1-c1cc(NC(=O)c2cc(-c3ccccc3)n[nH]2)ncn1. The monoisotopic (exact) mass is 345 g/mol. The fourth-order valence-corrected chi connectivity index (χ4v) is 2.55. The van der Waals surface area contributed by atoms with E-state index in [1.165, 1.54) is 6.33 Å². The minimum Gasteiger partial charge on any atom is -0.305 e. The molecule has 0 fully saturated rings. The van der Waals surface area contributed by atoms with Crippen LogP contribution in [0.3, 0.4) is 0 Å². The minimum absolute atomic E-state index is 0.327. The van der Waals surface area contributed by atoms with Crippen molar-refractivity contribution in [2.45, 2.75) is 6.92 Å². The van der Waals surface area contributed by atoms with E-state index in [4.69, 9.17) is 0 Å². The maximum atomic E-state index is 12.5. The van der Waals surface area contributed by atoms with Gasteiger partial charge in [0.25, 0.3) is 5.91 Å². The number of nitrogens with zero attached hydrogens (tertiary/aromatic N) is 5. The van der Waals surface area contributed by atoms with Crippen molar-refractivity contribution in [1.29, 1.82) is 0 Å². The lowest BCUT2D eigenvalue weighted by molar-refractivity contribution is 0.102. The smallest absolute Gasteiger partial charge is 0.274 e. The Bertz CT molecular complexity index is 1050. The van der Waals surface area contributed by atoms with Gasteiger partial charge in [0.2, 0.25) is 0 Å². The van der Waals surface area contributed by atoms with Gasteiger partial charge in [-0.3, -0.25) is 14.5 Å². The summed E-state index contributed by atoms with van der Waals surface area (Å²) < 4.78 is 1.81. The van der Waals surface area contributed by atoms with E-state index >= 15 is 0 Å². The molecule has 3 heterocycles. The second kappa shape index (κ2) is 6.60. The topological polar surface area (TPSA) is 101 Å². The molecule has 0 spiro atoms. The van der Waals surface area contributed by atoms with Crippen LogP contribution in [0.25, 0.3) is 17.1 Å². The lowest BCUT2D eigenvalue weighted by atomic mass is 10.1. The molecule has 1 aromatic carbocycles. The van der Waals surface area contributed by atoms with E-state index in [1.54, 1.807) is 29.1 Å². The number of nitrogens with one attached hydrogen (secondary N) is 2. The van der Waals surface area contributed by atoms with E-state index in [1.807, 2.05) is 37.3 Å². The van der Waals surface area contributed by atoms with Crippen LogP contribution in [0.1, 0.15) is 16.3 Å². The first-order valence-corrected chi connectivity index (χ1v) is 7.95. The molecular weight excluding hydrogens is 330 g/mol. The van der Waals surface area contributed by atoms with Crippen LogP contribution in [0.15, 0.2) is 61.2 Å². The molecule has 0 bridgehead atoms. The van der Waals surface area contributed by atoms with Gasteiger partial charge < -0.3 is 5.32 Å². The van der Waals surface area contributed by atoms with Crippen LogP contribution in [-0.4, -0.2) is 35.6 Å². The molecule has 128 valence electrons. The molecule has 0 radical (unpaired) electrons. The molecule has 8 heteroatoms. The van der Waals surface area contributed by atoms with E-state index in [0.717, 1.165) is 11.4 Å². The summed E-state index contributed by atoms with van der Waals surface area (Å²) in [6.07, 6.45) is 4.88. The Balaban J connectivity index is 1.54. The predicted molar refractivity (Wildman–Crippen MR) is 95.9 cm³/mol. The summed E-state index contributed by atoms with van der Waals surface area (Å²) in [5.41, 5.74) is 1.98. The van der Waals surface area contributed by atoms with Crippen molar-refractivity contribution in [3.63, 3.8) is 0 Å². The van der Waals surface area contributed by atoms with Crippen LogP contribution in [0, 0.1) is 6.92 Å². The number of benzene rings is 1. The van der Waals surface area contributed by atoms with Crippen LogP contribution < -0.4 is 5.32 Å². The summed E-state index contributed by atoms with van der Waals surface area (Å²) in [4.78, 5) is 24.9. The lowest BCUT2D eigenvalue weighted by Crippen LogP contribution is -2.14. The highest BCUT2D eigenvalue weighted by Gasteiger charge is 2.13. The molecule has 3 aromatic heterocycles. The third-order valence-corrected chi connectivity index (χ3v) is 3.86. The van der Waals surface area contributed by atoms with Crippen molar-refractivity contribution in [1.82, 2.24) is 29.7 Å². The van der Waals surface area contributed by atoms with Crippen LogP contribution in [0.2, 0.25) is 0 Å². The molecule has 4 aromatic rings. The fraction of sp³-hybridized carbons (Fsp3) is 0.0556. The van der Waals surface area contributed by atoms with Crippen molar-refractivity contribution < 1.29 is 4.79 Å². The summed E-state index contributed by atoms with van der Waals surface area (Å²) >= 11 is 0. The first kappa shape index (κ1) is 15.7. The summed E-state index contributed by atoms with van der Waals surface area (Å²) in [5, 5.41) is 9.69. The Morgan fingerprint density at radius 2 is 1.96 bits per heavy atom. The summed E-state index contributed by atoms with van der Waals surface area (Å²) in [5.74, 6) is 1.48. The highest BCUT2D eigenvalue weighted by atomic mass is 16.2. The van der Waals surface area contributed by atoms with E-state index in [-0.39, 0.29) is 5.91 Å². The molecule has 0 aliphatic heterocycles. The van der Waals surface area contributed by atoms with Crippen LogP contribution in [0.5, 0.6) is 0 Å². The maximum absolute atomic E-state index is 12.5. The van der Waals surface area contributed by atoms with Gasteiger partial charge in [-0.05, 0) is 13.0 Å². The first-order valence-electron chi connectivity index (χ1n) is 7.95. The molecule has 8 nitrogen and oxygen atoms in total. The Kier molecular flexibility index (Phi) is 3.98. The van der Waals surface area contributed by atoms with Gasteiger partial charge in [-0.15, -0.1) is 0 Å². The van der Waals surface area contributed by atoms with Crippen molar-refractivity contribution in [3.8, 4) is 17.1 Å². The summed E-state index contributed by atoms with van der Waals surface area (Å²) in [6, 6.07) is 13.0. The predicted octanol–water partition coefficient (Wildman–Crippen LogP) is 2.61. The lowest BCUT2D eigenvalue weighted by Gasteiger charge is -2.06. The number of amides is 1. The number of aromatic nitrogens is 6. The standard InChI is InChI=1S/C18H15N7O/c1-12-19-7-8-25(12)17-10-16(20-11-21-17)22-18(26)15-9-14(23-24-15)13-5-3-2-4-6-13/h2-11H,1H3,(H,23,24)(H,20,21,22,26). The number of carbonyl (C=O) groups excluding carboxylic acids is 1. The molecule has 0 aliphatic carbocycles. The van der Waals surface area contributed by atoms with Gasteiger partial charge in [0, 0.05) is 24.0 Å². The van der Waals surface area contributed by atoms with Crippen molar-refractivity contribution >= 4 is 11.7 Å². The van der Waals surface area contributed by atoms with E-state index in [9.17, 15) is 4.79 Å². The van der Waals surface area contributed by atoms with Gasteiger partial charge >= 0.3 is 0 Å². The molecule has 0 saturated carbocycles. The molecule has 0 aliphatic rings. The van der Waals surface area contributed by atoms with E-state index < -0.39 is 0 Å². The largest absolute Gasteiger partial charge is 0.305 e. The molecule has 0 atom stereocenters. The Morgan fingerprint density at radius 1 is 1.12 bits per heavy atom. The van der Waals surface area contributed by atoms with Crippen LogP contribution in [-0.2, 0) is 0 Å². The van der Waals surface area contributed by atoms with Gasteiger partial charge in [-0.2, -0.15) is 5.10 Å². The quantitative estimate of drug-likeness (QED) is 0.592. The number of aromatic amines is 1. The second-order valence-electron chi connectivity index (χ2n) is 5.59. The molecule has 0 unspecified atom stereocenters. The first-order chi connectivity index (χ1) is 12.7. The van der Waals surface area contributed by atoms with Crippen molar-refractivity contribution in [3.05, 3.63) is 72.7 Å². The normalized spacial score (nSPS) is 10.7. The number of imidazole rings is 1. The fourth-order valence-electron chi connectivity index (χ4n) is 2.55. The highest BCUT2D eigenvalue weighted by molar-refractivity contribution is 6.03. The minimum atomic E-state index is -0.327. The zero-order valence-corrected chi connectivity index (χ0v) is 13.9. The van der Waals surface area contributed by atoms with Gasteiger partial charge in [-0.25, -0.2) is 15.0 Å². The zero-order chi connectivity index (χ0) is 17.9. The summed E-state index contributed by atoms with van der Waals surface area (Å²) in [7, 11) is 0. The Morgan fingerprint density at radius 3 is 2.73 bits per heavy atom. The molecule has 1 amide bonds. The van der Waals surface area contributed by atoms with Gasteiger partial charge in [0.1, 0.15) is 29.5 Å². The molecular formula is C18H15N7O. The third-order valence-electron chi connectivity index (χ3n) is 3.86. The number of rotatable bonds is 4. The Hall–Kier alpha value is -3.81. The van der Waals surface area contributed by atoms with E-state index in [2.05, 4.69) is 30.5 Å². The molecule has 26 heavy (non-hydrogen) atoms. The van der Waals surface area contributed by atoms with Crippen LogP contribution in [0.4, 0.5) is 5.82 Å². The highest BCUT2D eigenvalue weighted by Crippen LogP contribution is 2.18. The Labute approximate surface area is 149 Å². The molecule has 0 saturated heterocycles. The zero-order valence-electron chi connectivity index (χ0n) is 13.9. The third kappa shape index (κ3) is 3.07. The van der Waals surface area contributed by atoms with Gasteiger partial charge in [-0.1, -0.05) is 30.3 Å². The molecule has 2 N–H and O–H groups in total. The van der Waals surface area contributed by atoms with Crippen molar-refractivity contribution in [2.24, 2.45) is 0 Å². The van der Waals surface area contributed by atoms with Crippen molar-refractivity contribution in [2.75, 3.05) is 5.32 Å². The maximum Gasteiger partial charge on any atom is 0.274 e. The van der Waals surface area contributed by atoms with E-state index in [0.29, 0.717) is 23.0 Å². The number of anilines is 1. The number of aryl methyl sites for hydroxylation is 1. The average Bonchev–Trinajstić information content (AvgIpc) is 3.32. The number of hydrogen-bond acceptors (Lipinski definition) is 5. The average molecular weight is 345 g/mol. The summed E-state index contributed by atoms with van der Waals surface area (Å²) in [6.45, 7) is 1.87. The van der Waals surface area contributed by atoms with Crippen LogP contribution >= 0.6 is 0 Å². The second-order valence-corrected chi connectivity index (χ2v) is 5.59. The molecule has 4 rings (SSSR count). The number of carbonyl (C=O) groups is 1.